The van der Waals surface area contributed by atoms with Crippen molar-refractivity contribution in [2.24, 2.45) is 0 Å². The number of carbonyl (C=O) groups excluding carboxylic acids is 1. The SMILES string of the molecule is COc1ccccc1OCCN(C)Cc1nnc(C(=O)NCc2ccc(C)cc2)s1. The fourth-order valence-electron chi connectivity index (χ4n) is 2.73. The van der Waals surface area contributed by atoms with Crippen LogP contribution in [-0.4, -0.2) is 48.3 Å². The van der Waals surface area contributed by atoms with E-state index in [9.17, 15) is 4.79 Å². The van der Waals surface area contributed by atoms with Gasteiger partial charge in [0.2, 0.25) is 5.01 Å². The van der Waals surface area contributed by atoms with E-state index in [2.05, 4.69) is 20.4 Å². The number of likely N-dealkylation sites (N-methyl/N-ethyl adjacent to an activating group) is 1. The van der Waals surface area contributed by atoms with Crippen molar-refractivity contribution in [1.82, 2.24) is 20.4 Å². The lowest BCUT2D eigenvalue weighted by molar-refractivity contribution is 0.0950. The predicted octanol–water partition coefficient (Wildman–Crippen LogP) is 3.30. The summed E-state index contributed by atoms with van der Waals surface area (Å²) in [6.07, 6.45) is 0. The molecular formula is C22H26N4O3S. The first-order valence-corrected chi connectivity index (χ1v) is 10.5. The van der Waals surface area contributed by atoms with Crippen molar-refractivity contribution >= 4 is 17.2 Å². The second kappa shape index (κ2) is 10.7. The molecule has 1 N–H and O–H groups in total. The van der Waals surface area contributed by atoms with E-state index in [-0.39, 0.29) is 5.91 Å². The summed E-state index contributed by atoms with van der Waals surface area (Å²) in [5, 5.41) is 12.2. The number of hydrogen-bond donors (Lipinski definition) is 1. The number of aryl methyl sites for hydroxylation is 1. The second-order valence-corrected chi connectivity index (χ2v) is 7.97. The van der Waals surface area contributed by atoms with E-state index in [0.29, 0.717) is 37.0 Å². The minimum atomic E-state index is -0.207. The summed E-state index contributed by atoms with van der Waals surface area (Å²) >= 11 is 1.31. The van der Waals surface area contributed by atoms with Crippen LogP contribution in [0.1, 0.15) is 25.9 Å². The maximum atomic E-state index is 12.3. The lowest BCUT2D eigenvalue weighted by Gasteiger charge is -2.16. The van der Waals surface area contributed by atoms with Crippen molar-refractivity contribution in [3.63, 3.8) is 0 Å². The van der Waals surface area contributed by atoms with Crippen molar-refractivity contribution in [3.8, 4) is 11.5 Å². The highest BCUT2D eigenvalue weighted by atomic mass is 32.1. The van der Waals surface area contributed by atoms with Crippen LogP contribution in [0.3, 0.4) is 0 Å². The third-order valence-corrected chi connectivity index (χ3v) is 5.35. The summed E-state index contributed by atoms with van der Waals surface area (Å²) in [4.78, 5) is 14.4. The molecule has 0 atom stereocenters. The zero-order valence-corrected chi connectivity index (χ0v) is 18.2. The van der Waals surface area contributed by atoms with Gasteiger partial charge in [0.05, 0.1) is 13.7 Å². The van der Waals surface area contributed by atoms with Crippen molar-refractivity contribution in [1.29, 1.82) is 0 Å². The Morgan fingerprint density at radius 1 is 1.10 bits per heavy atom. The van der Waals surface area contributed by atoms with Gasteiger partial charge in [-0.2, -0.15) is 0 Å². The van der Waals surface area contributed by atoms with Crippen LogP contribution >= 0.6 is 11.3 Å². The van der Waals surface area contributed by atoms with Gasteiger partial charge in [-0.05, 0) is 31.7 Å². The first-order chi connectivity index (χ1) is 14.5. The summed E-state index contributed by atoms with van der Waals surface area (Å²) < 4.78 is 11.1. The zero-order valence-electron chi connectivity index (χ0n) is 17.4. The molecule has 0 saturated heterocycles. The zero-order chi connectivity index (χ0) is 21.3. The molecule has 7 nitrogen and oxygen atoms in total. The number of carbonyl (C=O) groups is 1. The molecule has 30 heavy (non-hydrogen) atoms. The van der Waals surface area contributed by atoms with Gasteiger partial charge in [-0.3, -0.25) is 9.69 Å². The summed E-state index contributed by atoms with van der Waals surface area (Å²) in [6.45, 7) is 4.31. The molecule has 2 aromatic carbocycles. The van der Waals surface area contributed by atoms with Crippen LogP contribution in [0.4, 0.5) is 0 Å². The Morgan fingerprint density at radius 3 is 2.57 bits per heavy atom. The van der Waals surface area contributed by atoms with E-state index < -0.39 is 0 Å². The van der Waals surface area contributed by atoms with Crippen molar-refractivity contribution in [2.75, 3.05) is 27.3 Å². The van der Waals surface area contributed by atoms with E-state index in [1.54, 1.807) is 7.11 Å². The van der Waals surface area contributed by atoms with Crippen LogP contribution in [0.25, 0.3) is 0 Å². The molecule has 8 heteroatoms. The minimum Gasteiger partial charge on any atom is -0.493 e. The molecule has 1 aromatic heterocycles. The first kappa shape index (κ1) is 21.7. The lowest BCUT2D eigenvalue weighted by Crippen LogP contribution is -2.24. The van der Waals surface area contributed by atoms with Gasteiger partial charge >= 0.3 is 0 Å². The van der Waals surface area contributed by atoms with Crippen LogP contribution < -0.4 is 14.8 Å². The Bertz CT molecular complexity index is 959. The summed E-state index contributed by atoms with van der Waals surface area (Å²) in [6, 6.07) is 15.6. The summed E-state index contributed by atoms with van der Waals surface area (Å²) in [5.41, 5.74) is 2.24. The molecule has 0 fully saturated rings. The highest BCUT2D eigenvalue weighted by molar-refractivity contribution is 7.13. The number of hydrogen-bond acceptors (Lipinski definition) is 7. The van der Waals surface area contributed by atoms with Gasteiger partial charge < -0.3 is 14.8 Å². The smallest absolute Gasteiger partial charge is 0.282 e. The van der Waals surface area contributed by atoms with Gasteiger partial charge in [0.25, 0.3) is 5.91 Å². The third kappa shape index (κ3) is 6.27. The number of nitrogens with zero attached hydrogens (tertiary/aromatic N) is 3. The van der Waals surface area contributed by atoms with Crippen molar-refractivity contribution in [2.45, 2.75) is 20.0 Å². The van der Waals surface area contributed by atoms with E-state index in [1.165, 1.54) is 16.9 Å². The van der Waals surface area contributed by atoms with Gasteiger partial charge in [-0.15, -0.1) is 10.2 Å². The standard InChI is InChI=1S/C22H26N4O3S/c1-16-8-10-17(11-9-16)14-23-21(27)22-25-24-20(30-22)15-26(2)12-13-29-19-7-5-4-6-18(19)28-3/h4-11H,12-15H2,1-3H3,(H,23,27). The Morgan fingerprint density at radius 2 is 1.83 bits per heavy atom. The first-order valence-electron chi connectivity index (χ1n) is 9.65. The van der Waals surface area contributed by atoms with Gasteiger partial charge in [0.1, 0.15) is 11.6 Å². The van der Waals surface area contributed by atoms with Gasteiger partial charge in [-0.1, -0.05) is 53.3 Å². The number of para-hydroxylation sites is 2. The van der Waals surface area contributed by atoms with E-state index in [4.69, 9.17) is 9.47 Å². The number of benzene rings is 2. The maximum Gasteiger partial charge on any atom is 0.282 e. The fourth-order valence-corrected chi connectivity index (χ4v) is 3.57. The largest absolute Gasteiger partial charge is 0.493 e. The Labute approximate surface area is 180 Å². The predicted molar refractivity (Wildman–Crippen MR) is 117 cm³/mol. The molecule has 1 heterocycles. The molecule has 0 unspecified atom stereocenters. The van der Waals surface area contributed by atoms with E-state index >= 15 is 0 Å². The van der Waals surface area contributed by atoms with E-state index in [1.807, 2.05) is 62.5 Å². The van der Waals surface area contributed by atoms with Crippen LogP contribution in [0.15, 0.2) is 48.5 Å². The number of rotatable bonds is 10. The number of aromatic nitrogens is 2. The van der Waals surface area contributed by atoms with Crippen LogP contribution in [0.5, 0.6) is 11.5 Å². The molecule has 0 aliphatic carbocycles. The molecule has 0 aliphatic heterocycles. The topological polar surface area (TPSA) is 76.6 Å². The number of amides is 1. The highest BCUT2D eigenvalue weighted by Gasteiger charge is 2.14. The monoisotopic (exact) mass is 426 g/mol. The maximum absolute atomic E-state index is 12.3. The number of nitrogens with one attached hydrogen (secondary N) is 1. The highest BCUT2D eigenvalue weighted by Crippen LogP contribution is 2.25. The fraction of sp³-hybridized carbons (Fsp3) is 0.318. The average molecular weight is 427 g/mol. The van der Waals surface area contributed by atoms with Crippen LogP contribution in [0.2, 0.25) is 0 Å². The van der Waals surface area contributed by atoms with Crippen molar-refractivity contribution in [3.05, 3.63) is 69.7 Å². The molecule has 0 bridgehead atoms. The van der Waals surface area contributed by atoms with Gasteiger partial charge in [0, 0.05) is 13.1 Å². The van der Waals surface area contributed by atoms with Gasteiger partial charge in [0.15, 0.2) is 11.5 Å². The molecule has 1 amide bonds. The van der Waals surface area contributed by atoms with Crippen LogP contribution in [0, 0.1) is 6.92 Å². The van der Waals surface area contributed by atoms with E-state index in [0.717, 1.165) is 16.3 Å². The molecule has 3 aromatic rings. The second-order valence-electron chi connectivity index (χ2n) is 6.91. The molecular weight excluding hydrogens is 400 g/mol. The Balaban J connectivity index is 1.43. The third-order valence-electron chi connectivity index (χ3n) is 4.44. The summed E-state index contributed by atoms with van der Waals surface area (Å²) in [5.74, 6) is 1.23. The van der Waals surface area contributed by atoms with Crippen molar-refractivity contribution < 1.29 is 14.3 Å². The molecule has 0 saturated carbocycles. The molecule has 0 aliphatic rings. The average Bonchev–Trinajstić information content (AvgIpc) is 3.22. The normalized spacial score (nSPS) is 10.8. The molecule has 0 radical (unpaired) electrons. The Hall–Kier alpha value is -2.97. The Kier molecular flexibility index (Phi) is 7.75. The lowest BCUT2D eigenvalue weighted by atomic mass is 10.1. The quantitative estimate of drug-likeness (QED) is 0.536. The number of ether oxygens (including phenoxy) is 2. The minimum absolute atomic E-state index is 0.207. The molecule has 3 rings (SSSR count). The van der Waals surface area contributed by atoms with Crippen LogP contribution in [-0.2, 0) is 13.1 Å². The molecule has 0 spiro atoms. The van der Waals surface area contributed by atoms with Gasteiger partial charge in [-0.25, -0.2) is 0 Å². The molecule has 158 valence electrons. The number of methoxy groups -OCH3 is 1. The summed E-state index contributed by atoms with van der Waals surface area (Å²) in [7, 11) is 3.60.